The molecule has 0 spiro atoms. The number of nitrogens with zero attached hydrogens (tertiary/aromatic N) is 1. The first-order valence-corrected chi connectivity index (χ1v) is 13.8. The van der Waals surface area contributed by atoms with Gasteiger partial charge in [-0.2, -0.15) is 0 Å². The zero-order chi connectivity index (χ0) is 23.3. The van der Waals surface area contributed by atoms with E-state index in [4.69, 9.17) is 11.6 Å². The Kier molecular flexibility index (Phi) is 9.94. The number of allylic oxidation sites excluding steroid dienone is 2. The number of hydrogen-bond acceptors (Lipinski definition) is 4. The molecule has 0 aromatic rings. The quantitative estimate of drug-likeness (QED) is 0.335. The summed E-state index contributed by atoms with van der Waals surface area (Å²) in [6.07, 6.45) is 11.4. The molecule has 2 heterocycles. The molecule has 186 valence electrons. The first kappa shape index (κ1) is 26.5. The molecule has 2 fully saturated rings. The average Bonchev–Trinajstić information content (AvgIpc) is 2.72. The monoisotopic (exact) mass is 466 g/mol. The lowest BCUT2D eigenvalue weighted by molar-refractivity contribution is 0.0216. The van der Waals surface area contributed by atoms with Crippen LogP contribution in [0.1, 0.15) is 73.6 Å². The highest BCUT2D eigenvalue weighted by Crippen LogP contribution is 2.43. The van der Waals surface area contributed by atoms with Crippen molar-refractivity contribution in [2.75, 3.05) is 32.7 Å². The Bertz CT molecular complexity index is 582. The van der Waals surface area contributed by atoms with Gasteiger partial charge in [0.1, 0.15) is 0 Å². The minimum atomic E-state index is 0.254. The zero-order valence-corrected chi connectivity index (χ0v) is 22.4. The molecule has 3 N–H and O–H groups in total. The van der Waals surface area contributed by atoms with Crippen LogP contribution >= 0.6 is 11.6 Å². The molecular formula is C27H51ClN4. The lowest BCUT2D eigenvalue weighted by atomic mass is 9.65. The molecule has 0 amide bonds. The van der Waals surface area contributed by atoms with E-state index in [0.29, 0.717) is 35.5 Å². The fourth-order valence-electron chi connectivity index (χ4n) is 6.32. The number of likely N-dealkylation sites (tertiary alicyclic amines) is 1. The van der Waals surface area contributed by atoms with Gasteiger partial charge in [-0.25, -0.2) is 0 Å². The van der Waals surface area contributed by atoms with Gasteiger partial charge in [-0.05, 0) is 88.1 Å². The Morgan fingerprint density at radius 2 is 1.84 bits per heavy atom. The molecule has 32 heavy (non-hydrogen) atoms. The summed E-state index contributed by atoms with van der Waals surface area (Å²) in [5.74, 6) is 2.90. The summed E-state index contributed by atoms with van der Waals surface area (Å²) in [6.45, 7) is 20.1. The predicted molar refractivity (Wildman–Crippen MR) is 139 cm³/mol. The van der Waals surface area contributed by atoms with Crippen molar-refractivity contribution in [3.05, 3.63) is 12.2 Å². The van der Waals surface area contributed by atoms with Crippen molar-refractivity contribution in [3.63, 3.8) is 0 Å². The molecule has 0 aromatic heterocycles. The van der Waals surface area contributed by atoms with Gasteiger partial charge in [-0.1, -0.05) is 39.8 Å². The van der Waals surface area contributed by atoms with E-state index in [9.17, 15) is 0 Å². The van der Waals surface area contributed by atoms with E-state index in [1.54, 1.807) is 0 Å². The summed E-state index contributed by atoms with van der Waals surface area (Å²) in [5.41, 5.74) is 0.361. The molecule has 0 saturated carbocycles. The maximum atomic E-state index is 6.31. The summed E-state index contributed by atoms with van der Waals surface area (Å²) < 4.78 is 0. The second-order valence-electron chi connectivity index (χ2n) is 12.2. The summed E-state index contributed by atoms with van der Waals surface area (Å²) in [5, 5.41) is 11.6. The molecule has 5 heteroatoms. The standard InChI is InChI=1S/C27H51ClN4/c1-19(2)25(29-15-21-7-12-26(30-16-21)31-20(3)4)17-32-14-13-24(27(5,6)18-32)22-8-10-23(28)11-9-22/h8,10,19-26,29-31H,7,9,11-18H2,1-6H3/t21?,22?,23?,24?,25-,26?/m0/s1. The van der Waals surface area contributed by atoms with Crippen LogP contribution in [0.2, 0.25) is 0 Å². The van der Waals surface area contributed by atoms with Gasteiger partial charge in [0.05, 0.1) is 11.5 Å². The number of hydrogen-bond donors (Lipinski definition) is 3. The van der Waals surface area contributed by atoms with Crippen LogP contribution < -0.4 is 16.0 Å². The van der Waals surface area contributed by atoms with E-state index in [0.717, 1.165) is 31.3 Å². The van der Waals surface area contributed by atoms with Gasteiger partial charge in [0.15, 0.2) is 0 Å². The van der Waals surface area contributed by atoms with Crippen molar-refractivity contribution >= 4 is 11.6 Å². The van der Waals surface area contributed by atoms with Crippen molar-refractivity contribution in [1.82, 2.24) is 20.9 Å². The summed E-state index contributed by atoms with van der Waals surface area (Å²) >= 11 is 6.31. The normalized spacial score (nSPS) is 34.8. The van der Waals surface area contributed by atoms with Crippen LogP contribution in [0.3, 0.4) is 0 Å². The molecule has 1 aliphatic carbocycles. The van der Waals surface area contributed by atoms with Gasteiger partial charge in [0, 0.05) is 31.7 Å². The number of nitrogens with one attached hydrogen (secondary N) is 3. The predicted octanol–water partition coefficient (Wildman–Crippen LogP) is 4.85. The molecular weight excluding hydrogens is 416 g/mol. The third kappa shape index (κ3) is 7.70. The number of alkyl halides is 1. The van der Waals surface area contributed by atoms with Crippen LogP contribution in [-0.2, 0) is 0 Å². The van der Waals surface area contributed by atoms with Gasteiger partial charge >= 0.3 is 0 Å². The minimum absolute atomic E-state index is 0.254. The second-order valence-corrected chi connectivity index (χ2v) is 12.8. The Balaban J connectivity index is 1.45. The molecule has 5 unspecified atom stereocenters. The van der Waals surface area contributed by atoms with Crippen LogP contribution in [-0.4, -0.2) is 61.3 Å². The van der Waals surface area contributed by atoms with E-state index in [-0.39, 0.29) is 5.38 Å². The van der Waals surface area contributed by atoms with E-state index >= 15 is 0 Å². The van der Waals surface area contributed by atoms with Crippen molar-refractivity contribution in [3.8, 4) is 0 Å². The first-order chi connectivity index (χ1) is 15.1. The minimum Gasteiger partial charge on any atom is -0.312 e. The smallest absolute Gasteiger partial charge is 0.0573 e. The second kappa shape index (κ2) is 12.0. The third-order valence-electron chi connectivity index (χ3n) is 8.23. The maximum absolute atomic E-state index is 6.31. The Labute approximate surface area is 203 Å². The molecule has 0 aromatic carbocycles. The van der Waals surface area contributed by atoms with Gasteiger partial charge in [-0.3, -0.25) is 5.32 Å². The zero-order valence-electron chi connectivity index (χ0n) is 21.7. The average molecular weight is 467 g/mol. The number of piperidine rings is 2. The SMILES string of the molecule is CC(C)NC1CCC(CN[C@@H](CN2CCC(C3C=CC(Cl)CC3)C(C)(C)C2)C(C)C)CN1. The number of halogens is 1. The van der Waals surface area contributed by atoms with E-state index in [1.807, 2.05) is 0 Å². The molecule has 0 radical (unpaired) electrons. The molecule has 0 bridgehead atoms. The molecule has 3 rings (SSSR count). The lowest BCUT2D eigenvalue weighted by Crippen LogP contribution is -2.55. The Hall–Kier alpha value is -0.130. The van der Waals surface area contributed by atoms with Crippen molar-refractivity contribution in [2.24, 2.45) is 29.1 Å². The fourth-order valence-corrected chi connectivity index (χ4v) is 6.53. The van der Waals surface area contributed by atoms with E-state index in [2.05, 4.69) is 74.5 Å². The highest BCUT2D eigenvalue weighted by atomic mass is 35.5. The molecule has 2 aliphatic heterocycles. The molecule has 6 atom stereocenters. The topological polar surface area (TPSA) is 39.3 Å². The maximum Gasteiger partial charge on any atom is 0.0573 e. The molecule has 4 nitrogen and oxygen atoms in total. The lowest BCUT2D eigenvalue weighted by Gasteiger charge is -2.48. The van der Waals surface area contributed by atoms with Crippen LogP contribution in [0.25, 0.3) is 0 Å². The van der Waals surface area contributed by atoms with Crippen LogP contribution in [0, 0.1) is 29.1 Å². The van der Waals surface area contributed by atoms with Crippen molar-refractivity contribution in [1.29, 1.82) is 0 Å². The van der Waals surface area contributed by atoms with Gasteiger partial charge in [-0.15, -0.1) is 11.6 Å². The van der Waals surface area contributed by atoms with Crippen LogP contribution in [0.15, 0.2) is 12.2 Å². The van der Waals surface area contributed by atoms with Gasteiger partial charge in [0.2, 0.25) is 0 Å². The van der Waals surface area contributed by atoms with E-state index < -0.39 is 0 Å². The van der Waals surface area contributed by atoms with Crippen LogP contribution in [0.4, 0.5) is 0 Å². The first-order valence-electron chi connectivity index (χ1n) is 13.4. The number of rotatable bonds is 9. The highest BCUT2D eigenvalue weighted by Gasteiger charge is 2.40. The fraction of sp³-hybridized carbons (Fsp3) is 0.926. The largest absolute Gasteiger partial charge is 0.312 e. The summed E-state index contributed by atoms with van der Waals surface area (Å²) in [7, 11) is 0. The Morgan fingerprint density at radius 3 is 2.41 bits per heavy atom. The summed E-state index contributed by atoms with van der Waals surface area (Å²) in [6, 6.07) is 1.12. The van der Waals surface area contributed by atoms with Crippen LogP contribution in [0.5, 0.6) is 0 Å². The van der Waals surface area contributed by atoms with Gasteiger partial charge < -0.3 is 15.5 Å². The van der Waals surface area contributed by atoms with E-state index in [1.165, 1.54) is 45.3 Å². The highest BCUT2D eigenvalue weighted by molar-refractivity contribution is 6.21. The van der Waals surface area contributed by atoms with Gasteiger partial charge in [0.25, 0.3) is 0 Å². The van der Waals surface area contributed by atoms with Crippen molar-refractivity contribution < 1.29 is 0 Å². The van der Waals surface area contributed by atoms with Crippen molar-refractivity contribution in [2.45, 2.75) is 97.3 Å². The summed E-state index contributed by atoms with van der Waals surface area (Å²) in [4.78, 5) is 2.74. The third-order valence-corrected chi connectivity index (χ3v) is 8.59. The molecule has 2 saturated heterocycles. The Morgan fingerprint density at radius 1 is 1.06 bits per heavy atom. The molecule has 3 aliphatic rings.